The monoisotopic (exact) mass is 380 g/mol. The average molecular weight is 380 g/mol. The van der Waals surface area contributed by atoms with E-state index in [4.69, 9.17) is 34.4 Å². The van der Waals surface area contributed by atoms with Crippen LogP contribution in [0.15, 0.2) is 38.0 Å². The van der Waals surface area contributed by atoms with Gasteiger partial charge in [-0.15, -0.1) is 6.61 Å². The predicted molar refractivity (Wildman–Crippen MR) is 73.2 cm³/mol. The summed E-state index contributed by atoms with van der Waals surface area (Å²) in [6.07, 6.45) is 2.17. The van der Waals surface area contributed by atoms with Crippen molar-refractivity contribution in [2.45, 2.75) is 0 Å². The molecular weight excluding hydrogens is 360 g/mol. The van der Waals surface area contributed by atoms with E-state index >= 15 is 0 Å². The Bertz CT molecular complexity index is 294. The zero-order valence-electron chi connectivity index (χ0n) is 13.4. The Morgan fingerprint density at radius 2 is 1.12 bits per heavy atom. The summed E-state index contributed by atoms with van der Waals surface area (Å²) in [4.78, 5) is 27.4. The van der Waals surface area contributed by atoms with Crippen LogP contribution in [0.1, 0.15) is 0 Å². The van der Waals surface area contributed by atoms with Gasteiger partial charge in [-0.05, 0) is 18.2 Å². The molecular formula is C14H20O9Ti. The number of rotatable bonds is 8. The smallest absolute Gasteiger partial charge is 0.853 e. The molecule has 0 N–H and O–H groups in total. The summed E-state index contributed by atoms with van der Waals surface area (Å²) < 4.78 is 9.45. The molecule has 0 aromatic heterocycles. The minimum Gasteiger partial charge on any atom is -0.853 e. The van der Waals surface area contributed by atoms with Crippen LogP contribution >= 0.6 is 0 Å². The molecule has 24 heavy (non-hydrogen) atoms. The van der Waals surface area contributed by atoms with Crippen LogP contribution in [0.25, 0.3) is 0 Å². The molecule has 0 aromatic rings. The number of ether oxygens (including phenoxy) is 2. The number of carbonyl (C=O) groups excluding carboxylic acids is 3. The number of carboxylic acid groups (broad SMARTS) is 3. The second-order valence-corrected chi connectivity index (χ2v) is 2.88. The van der Waals surface area contributed by atoms with Gasteiger partial charge < -0.3 is 44.3 Å². The average Bonchev–Trinajstić information content (AvgIpc) is 2.53. The van der Waals surface area contributed by atoms with Crippen LogP contribution in [0.5, 0.6) is 0 Å². The van der Waals surface area contributed by atoms with Gasteiger partial charge in [-0.2, -0.15) is 0 Å². The summed E-state index contributed by atoms with van der Waals surface area (Å²) in [6, 6.07) is 0. The Labute approximate surface area is 155 Å². The quantitative estimate of drug-likeness (QED) is 0.231. The molecule has 0 aliphatic carbocycles. The van der Waals surface area contributed by atoms with E-state index in [9.17, 15) is 5.11 Å². The molecule has 134 valence electrons. The van der Waals surface area contributed by atoms with Crippen LogP contribution in [0.3, 0.4) is 0 Å². The first-order valence-electron chi connectivity index (χ1n) is 5.88. The van der Waals surface area contributed by atoms with Gasteiger partial charge in [0.05, 0.1) is 31.1 Å². The van der Waals surface area contributed by atoms with Crippen LogP contribution in [0, 0.1) is 0 Å². The van der Waals surface area contributed by atoms with Gasteiger partial charge in [0.15, 0.2) is 0 Å². The molecule has 0 aliphatic rings. The predicted octanol–water partition coefficient (Wildman–Crippen LogP) is -4.23. The standard InChI is InChI=1S/C5H11O3.3C3H4O2.Ti/c1-7-4-5-8-3-2-6;3*1-2-3(4)5;/h2-5H2,1H3;3*2H,1H2,(H,4,5);/q-1;;;;+4/p-3. The third-order valence-corrected chi connectivity index (χ3v) is 1.16. The summed E-state index contributed by atoms with van der Waals surface area (Å²) in [5.74, 6) is -3.69. The maximum atomic E-state index is 9.73. The summed E-state index contributed by atoms with van der Waals surface area (Å²) >= 11 is 0. The fourth-order valence-electron chi connectivity index (χ4n) is 0.303. The van der Waals surface area contributed by atoms with Gasteiger partial charge in [0, 0.05) is 13.7 Å². The molecule has 0 aromatic carbocycles. The number of hydrogen-bond donors (Lipinski definition) is 0. The van der Waals surface area contributed by atoms with Gasteiger partial charge in [-0.25, -0.2) is 0 Å². The zero-order valence-corrected chi connectivity index (χ0v) is 14.9. The van der Waals surface area contributed by atoms with E-state index < -0.39 is 17.9 Å². The zero-order chi connectivity index (χ0) is 19.1. The van der Waals surface area contributed by atoms with Crippen LogP contribution in [-0.4, -0.2) is 51.4 Å². The molecule has 0 aliphatic heterocycles. The Kier molecular flexibility index (Phi) is 46.4. The van der Waals surface area contributed by atoms with Crippen molar-refractivity contribution < 1.29 is 66.0 Å². The molecule has 0 saturated heterocycles. The Balaban J connectivity index is -0.0000000677. The van der Waals surface area contributed by atoms with Crippen LogP contribution in [0.4, 0.5) is 0 Å². The molecule has 0 unspecified atom stereocenters. The number of aliphatic carboxylic acids is 3. The van der Waals surface area contributed by atoms with E-state index in [1.165, 1.54) is 0 Å². The molecule has 0 heterocycles. The van der Waals surface area contributed by atoms with Crippen molar-refractivity contribution in [3.63, 3.8) is 0 Å². The third kappa shape index (κ3) is 87.8. The fraction of sp³-hybridized carbons (Fsp3) is 0.357. The van der Waals surface area contributed by atoms with Crippen LogP contribution in [0.2, 0.25) is 0 Å². The first-order chi connectivity index (χ1) is 10.7. The van der Waals surface area contributed by atoms with Crippen molar-refractivity contribution in [1.82, 2.24) is 0 Å². The maximum absolute atomic E-state index is 9.73. The van der Waals surface area contributed by atoms with E-state index in [0.29, 0.717) is 19.8 Å². The van der Waals surface area contributed by atoms with Crippen molar-refractivity contribution in [3.8, 4) is 0 Å². The summed E-state index contributed by atoms with van der Waals surface area (Å²) in [5.41, 5.74) is 0. The topological polar surface area (TPSA) is 162 Å². The van der Waals surface area contributed by atoms with Crippen molar-refractivity contribution in [3.05, 3.63) is 38.0 Å². The molecule has 0 atom stereocenters. The molecule has 9 nitrogen and oxygen atoms in total. The second kappa shape index (κ2) is 33.0. The van der Waals surface area contributed by atoms with Gasteiger partial charge in [0.1, 0.15) is 0 Å². The van der Waals surface area contributed by atoms with Gasteiger partial charge in [-0.3, -0.25) is 0 Å². The molecule has 0 saturated carbocycles. The molecule has 0 spiro atoms. The first kappa shape index (κ1) is 33.7. The van der Waals surface area contributed by atoms with E-state index in [-0.39, 0.29) is 28.3 Å². The largest absolute Gasteiger partial charge is 4.00 e. The molecule has 0 fully saturated rings. The second-order valence-electron chi connectivity index (χ2n) is 2.88. The Hall–Kier alpha value is -1.78. The molecule has 0 radical (unpaired) electrons. The minimum absolute atomic E-state index is 0. The van der Waals surface area contributed by atoms with E-state index in [0.717, 1.165) is 18.2 Å². The van der Waals surface area contributed by atoms with Crippen molar-refractivity contribution in [2.75, 3.05) is 33.5 Å². The molecule has 0 rings (SSSR count). The number of carbonyl (C=O) groups is 3. The minimum atomic E-state index is -1.23. The maximum Gasteiger partial charge on any atom is 4.00 e. The van der Waals surface area contributed by atoms with E-state index in [2.05, 4.69) is 24.5 Å². The van der Waals surface area contributed by atoms with Crippen molar-refractivity contribution in [2.24, 2.45) is 0 Å². The molecule has 0 amide bonds. The third-order valence-electron chi connectivity index (χ3n) is 1.16. The number of hydrogen-bond acceptors (Lipinski definition) is 9. The van der Waals surface area contributed by atoms with Crippen molar-refractivity contribution in [1.29, 1.82) is 0 Å². The van der Waals surface area contributed by atoms with Gasteiger partial charge in [-0.1, -0.05) is 19.7 Å². The normalized spacial score (nSPS) is 7.25. The van der Waals surface area contributed by atoms with E-state index in [1.54, 1.807) is 7.11 Å². The van der Waals surface area contributed by atoms with Crippen LogP contribution in [-0.2, 0) is 45.6 Å². The molecule has 0 bridgehead atoms. The van der Waals surface area contributed by atoms with E-state index in [1.807, 2.05) is 0 Å². The Morgan fingerprint density at radius 3 is 1.29 bits per heavy atom. The fourth-order valence-corrected chi connectivity index (χ4v) is 0.303. The van der Waals surface area contributed by atoms with Gasteiger partial charge >= 0.3 is 21.7 Å². The summed E-state index contributed by atoms with van der Waals surface area (Å²) in [7, 11) is 1.60. The van der Waals surface area contributed by atoms with Gasteiger partial charge in [0.25, 0.3) is 0 Å². The van der Waals surface area contributed by atoms with Gasteiger partial charge in [0.2, 0.25) is 0 Å². The first-order valence-corrected chi connectivity index (χ1v) is 5.88. The number of methoxy groups -OCH3 is 1. The Morgan fingerprint density at radius 1 is 0.833 bits per heavy atom. The molecule has 10 heteroatoms. The summed E-state index contributed by atoms with van der Waals surface area (Å²) in [6.45, 7) is 9.92. The summed E-state index contributed by atoms with van der Waals surface area (Å²) in [5, 5.41) is 37.1. The van der Waals surface area contributed by atoms with Crippen molar-refractivity contribution >= 4 is 17.9 Å². The van der Waals surface area contributed by atoms with Crippen LogP contribution < -0.4 is 20.4 Å². The number of carboxylic acids is 3. The SMILES string of the molecule is C=CC(=O)[O-].C=CC(=O)[O-].C=CC(=O)[O-].COCCOCC[O-].[Ti+4].